The summed E-state index contributed by atoms with van der Waals surface area (Å²) in [5, 5.41) is 4.85. The van der Waals surface area contributed by atoms with Crippen molar-refractivity contribution in [2.24, 2.45) is 0 Å². The highest BCUT2D eigenvalue weighted by molar-refractivity contribution is 5.80. The van der Waals surface area contributed by atoms with Gasteiger partial charge in [0.1, 0.15) is 18.7 Å². The van der Waals surface area contributed by atoms with E-state index in [1.54, 1.807) is 16.9 Å². The van der Waals surface area contributed by atoms with Gasteiger partial charge in [-0.05, 0) is 24.3 Å². The van der Waals surface area contributed by atoms with Crippen LogP contribution >= 0.6 is 0 Å². The monoisotopic (exact) mass is 279 g/mol. The zero-order chi connectivity index (χ0) is 12.5. The van der Waals surface area contributed by atoms with Crippen molar-refractivity contribution in [1.82, 2.24) is 19.7 Å². The lowest BCUT2D eigenvalue weighted by molar-refractivity contribution is -0.388. The van der Waals surface area contributed by atoms with E-state index in [-0.39, 0.29) is 18.2 Å². The number of hydrogen-bond acceptors (Lipinski definition) is 3. The third kappa shape index (κ3) is 2.40. The van der Waals surface area contributed by atoms with Crippen LogP contribution in [0.1, 0.15) is 5.82 Å². The molecular formula is C12H11ClFN5. The number of fused-ring (bicyclic) bond motifs is 1. The molecule has 0 aliphatic heterocycles. The molecule has 0 radical (unpaired) electrons. The molecule has 0 fully saturated rings. The summed E-state index contributed by atoms with van der Waals surface area (Å²) in [5.41, 5.74) is 5.29. The maximum absolute atomic E-state index is 13.2. The fourth-order valence-electron chi connectivity index (χ4n) is 1.86. The van der Waals surface area contributed by atoms with E-state index >= 15 is 0 Å². The van der Waals surface area contributed by atoms with Gasteiger partial charge < -0.3 is 18.1 Å². The van der Waals surface area contributed by atoms with Gasteiger partial charge in [0, 0.05) is 5.39 Å². The Kier molecular flexibility index (Phi) is 3.73. The van der Waals surface area contributed by atoms with Crippen molar-refractivity contribution in [1.29, 1.82) is 0 Å². The predicted octanol–water partition coefficient (Wildman–Crippen LogP) is -2.30. The number of aromatic nitrogens is 4. The SMILES string of the molecule is [Cl-].[NH3+]Cc1ncnn1-c1cnc2ccc(F)cc2c1. The van der Waals surface area contributed by atoms with Gasteiger partial charge in [-0.3, -0.25) is 4.98 Å². The van der Waals surface area contributed by atoms with E-state index in [4.69, 9.17) is 0 Å². The van der Waals surface area contributed by atoms with E-state index in [0.29, 0.717) is 6.54 Å². The molecule has 3 rings (SSSR count). The average molecular weight is 280 g/mol. The minimum atomic E-state index is -0.280. The first-order valence-electron chi connectivity index (χ1n) is 5.52. The van der Waals surface area contributed by atoms with E-state index in [1.807, 2.05) is 6.07 Å². The summed E-state index contributed by atoms with van der Waals surface area (Å²) in [6.45, 7) is 0.529. The van der Waals surface area contributed by atoms with Gasteiger partial charge >= 0.3 is 0 Å². The average Bonchev–Trinajstić information content (AvgIpc) is 2.86. The molecule has 0 saturated carbocycles. The van der Waals surface area contributed by atoms with E-state index in [0.717, 1.165) is 22.4 Å². The Morgan fingerprint density at radius 3 is 2.84 bits per heavy atom. The zero-order valence-electron chi connectivity index (χ0n) is 9.92. The highest BCUT2D eigenvalue weighted by Crippen LogP contribution is 2.17. The first-order chi connectivity index (χ1) is 8.78. The van der Waals surface area contributed by atoms with Crippen LogP contribution in [0.25, 0.3) is 16.6 Å². The van der Waals surface area contributed by atoms with Crippen LogP contribution in [-0.2, 0) is 6.54 Å². The Hall–Kier alpha value is -2.05. The number of rotatable bonds is 2. The maximum atomic E-state index is 13.2. The molecule has 7 heteroatoms. The lowest BCUT2D eigenvalue weighted by Crippen LogP contribution is -3.00. The van der Waals surface area contributed by atoms with E-state index < -0.39 is 0 Å². The lowest BCUT2D eigenvalue weighted by atomic mass is 10.2. The molecule has 0 bridgehead atoms. The van der Waals surface area contributed by atoms with Crippen LogP contribution < -0.4 is 18.1 Å². The predicted molar refractivity (Wildman–Crippen MR) is 63.2 cm³/mol. The number of pyridine rings is 1. The molecule has 0 aliphatic rings. The van der Waals surface area contributed by atoms with Gasteiger partial charge in [0.15, 0.2) is 5.82 Å². The first-order valence-corrected chi connectivity index (χ1v) is 5.52. The molecule has 19 heavy (non-hydrogen) atoms. The molecule has 98 valence electrons. The molecule has 1 aromatic carbocycles. The Labute approximate surface area is 114 Å². The van der Waals surface area contributed by atoms with Gasteiger partial charge in [0.05, 0.1) is 17.4 Å². The zero-order valence-corrected chi connectivity index (χ0v) is 10.7. The van der Waals surface area contributed by atoms with E-state index in [1.165, 1.54) is 18.5 Å². The summed E-state index contributed by atoms with van der Waals surface area (Å²) < 4.78 is 14.8. The summed E-state index contributed by atoms with van der Waals surface area (Å²) in [6, 6.07) is 6.33. The molecule has 0 spiro atoms. The number of quaternary nitrogens is 1. The van der Waals surface area contributed by atoms with Crippen molar-refractivity contribution in [3.05, 3.63) is 48.4 Å². The maximum Gasteiger partial charge on any atom is 0.186 e. The standard InChI is InChI=1S/C12H10FN5.ClH/c13-9-1-2-11-8(3-9)4-10(6-15-11)18-12(5-14)16-7-17-18;/h1-4,6-7H,5,14H2;1H. The molecule has 0 atom stereocenters. The summed E-state index contributed by atoms with van der Waals surface area (Å²) in [5.74, 6) is 0.463. The molecule has 2 aromatic heterocycles. The van der Waals surface area contributed by atoms with Crippen molar-refractivity contribution in [2.75, 3.05) is 0 Å². The topological polar surface area (TPSA) is 71.2 Å². The highest BCUT2D eigenvalue weighted by atomic mass is 35.5. The number of nitrogens with zero attached hydrogens (tertiary/aromatic N) is 4. The first kappa shape index (κ1) is 13.4. The van der Waals surface area contributed by atoms with Gasteiger partial charge in [-0.2, -0.15) is 5.10 Å². The van der Waals surface area contributed by atoms with E-state index in [9.17, 15) is 4.39 Å². The molecule has 5 nitrogen and oxygen atoms in total. The number of hydrogen-bond donors (Lipinski definition) is 1. The molecular weight excluding hydrogens is 269 g/mol. The summed E-state index contributed by atoms with van der Waals surface area (Å²) in [7, 11) is 0. The third-order valence-corrected chi connectivity index (χ3v) is 2.72. The van der Waals surface area contributed by atoms with Gasteiger partial charge in [-0.1, -0.05) is 0 Å². The molecule has 2 heterocycles. The second kappa shape index (κ2) is 5.29. The number of halogens is 2. The van der Waals surface area contributed by atoms with Crippen molar-refractivity contribution >= 4 is 10.9 Å². The summed E-state index contributed by atoms with van der Waals surface area (Å²) >= 11 is 0. The van der Waals surface area contributed by atoms with E-state index in [2.05, 4.69) is 20.8 Å². The molecule has 0 unspecified atom stereocenters. The van der Waals surface area contributed by atoms with Crippen LogP contribution in [0, 0.1) is 5.82 Å². The van der Waals surface area contributed by atoms with Gasteiger partial charge in [-0.15, -0.1) is 0 Å². The van der Waals surface area contributed by atoms with Crippen LogP contribution in [0.3, 0.4) is 0 Å². The van der Waals surface area contributed by atoms with Crippen molar-refractivity contribution in [3.63, 3.8) is 0 Å². The van der Waals surface area contributed by atoms with Crippen molar-refractivity contribution < 1.29 is 22.5 Å². The Bertz CT molecular complexity index is 712. The van der Waals surface area contributed by atoms with Crippen LogP contribution in [0.5, 0.6) is 0 Å². The Morgan fingerprint density at radius 1 is 1.21 bits per heavy atom. The second-order valence-corrected chi connectivity index (χ2v) is 3.87. The summed E-state index contributed by atoms with van der Waals surface area (Å²) in [6.07, 6.45) is 3.16. The smallest absolute Gasteiger partial charge is 0.186 e. The molecule has 0 amide bonds. The van der Waals surface area contributed by atoms with Gasteiger partial charge in [-0.25, -0.2) is 14.1 Å². The minimum absolute atomic E-state index is 0. The lowest BCUT2D eigenvalue weighted by Gasteiger charge is -2.04. The van der Waals surface area contributed by atoms with Crippen LogP contribution in [0.15, 0.2) is 36.8 Å². The van der Waals surface area contributed by atoms with Gasteiger partial charge in [0.2, 0.25) is 0 Å². The fraction of sp³-hybridized carbons (Fsp3) is 0.0833. The van der Waals surface area contributed by atoms with Crippen molar-refractivity contribution in [2.45, 2.75) is 6.54 Å². The Balaban J connectivity index is 0.00000133. The number of benzene rings is 1. The molecule has 3 aromatic rings. The quantitative estimate of drug-likeness (QED) is 0.574. The third-order valence-electron chi connectivity index (χ3n) is 2.72. The van der Waals surface area contributed by atoms with Crippen LogP contribution in [-0.4, -0.2) is 19.7 Å². The van der Waals surface area contributed by atoms with Crippen LogP contribution in [0.2, 0.25) is 0 Å². The Morgan fingerprint density at radius 2 is 2.05 bits per heavy atom. The largest absolute Gasteiger partial charge is 1.00 e. The highest BCUT2D eigenvalue weighted by Gasteiger charge is 2.07. The fourth-order valence-corrected chi connectivity index (χ4v) is 1.86. The normalized spacial score (nSPS) is 10.4. The molecule has 0 saturated heterocycles. The molecule has 3 N–H and O–H groups in total. The second-order valence-electron chi connectivity index (χ2n) is 3.87. The van der Waals surface area contributed by atoms with Crippen molar-refractivity contribution in [3.8, 4) is 5.69 Å². The van der Waals surface area contributed by atoms with Crippen LogP contribution in [0.4, 0.5) is 4.39 Å². The molecule has 0 aliphatic carbocycles. The van der Waals surface area contributed by atoms with Gasteiger partial charge in [0.25, 0.3) is 0 Å². The summed E-state index contributed by atoms with van der Waals surface area (Å²) in [4.78, 5) is 8.37. The minimum Gasteiger partial charge on any atom is -1.00 e.